The lowest BCUT2D eigenvalue weighted by molar-refractivity contribution is -0.122. The summed E-state index contributed by atoms with van der Waals surface area (Å²) in [4.78, 5) is 30.1. The number of rotatable bonds is 5. The Morgan fingerprint density at radius 3 is 2.64 bits per heavy atom. The molecule has 33 heavy (non-hydrogen) atoms. The quantitative estimate of drug-likeness (QED) is 0.515. The summed E-state index contributed by atoms with van der Waals surface area (Å²) >= 11 is 1.32. The van der Waals surface area contributed by atoms with Crippen LogP contribution in [-0.4, -0.2) is 49.4 Å². The van der Waals surface area contributed by atoms with Crippen molar-refractivity contribution in [1.29, 1.82) is 0 Å². The highest BCUT2D eigenvalue weighted by Crippen LogP contribution is 2.25. The summed E-state index contributed by atoms with van der Waals surface area (Å²) in [6.07, 6.45) is 1.19. The molecule has 1 unspecified atom stereocenters. The van der Waals surface area contributed by atoms with Gasteiger partial charge in [-0.1, -0.05) is 29.5 Å². The van der Waals surface area contributed by atoms with Crippen LogP contribution in [0.5, 0.6) is 0 Å². The number of thiazole rings is 1. The number of hydrogen-bond acceptors (Lipinski definition) is 6. The molecule has 4 rings (SSSR count). The van der Waals surface area contributed by atoms with Crippen LogP contribution in [0.1, 0.15) is 30.1 Å². The minimum absolute atomic E-state index is 0.114. The monoisotopic (exact) mass is 487 g/mol. The maximum atomic E-state index is 13.1. The molecule has 3 aromatic rings. The van der Waals surface area contributed by atoms with Crippen LogP contribution < -0.4 is 4.80 Å². The Kier molecular flexibility index (Phi) is 6.78. The Hall–Kier alpha value is -2.82. The number of carbonyl (C=O) groups excluding carboxylic acids is 2. The molecule has 174 valence electrons. The largest absolute Gasteiger partial charge is 0.465 e. The van der Waals surface area contributed by atoms with E-state index in [2.05, 4.69) is 4.99 Å². The molecule has 1 aromatic heterocycles. The molecular formula is C23H25N3O5S2. The third-order valence-electron chi connectivity index (χ3n) is 5.74. The van der Waals surface area contributed by atoms with E-state index in [9.17, 15) is 18.0 Å². The summed E-state index contributed by atoms with van der Waals surface area (Å²) < 4.78 is 34.9. The highest BCUT2D eigenvalue weighted by Gasteiger charge is 2.33. The lowest BCUT2D eigenvalue weighted by Crippen LogP contribution is -2.42. The SMILES string of the molecule is CCn1c(=NC(=O)C2CCCN(S(=O)(=O)c3ccccc3)C2)sc2cc(C(=O)OC)ccc21. The molecule has 8 nitrogen and oxygen atoms in total. The molecule has 1 atom stereocenters. The van der Waals surface area contributed by atoms with E-state index in [1.807, 2.05) is 17.6 Å². The molecule has 0 saturated carbocycles. The van der Waals surface area contributed by atoms with Crippen molar-refractivity contribution in [2.24, 2.45) is 10.9 Å². The minimum Gasteiger partial charge on any atom is -0.465 e. The van der Waals surface area contributed by atoms with E-state index in [1.54, 1.807) is 42.5 Å². The third-order valence-corrected chi connectivity index (χ3v) is 8.66. The van der Waals surface area contributed by atoms with E-state index in [1.165, 1.54) is 22.8 Å². The molecule has 0 bridgehead atoms. The molecule has 2 heterocycles. The Morgan fingerprint density at radius 2 is 1.94 bits per heavy atom. The normalized spacial score (nSPS) is 17.9. The number of amides is 1. The van der Waals surface area contributed by atoms with E-state index < -0.39 is 21.9 Å². The summed E-state index contributed by atoms with van der Waals surface area (Å²) in [7, 11) is -2.33. The van der Waals surface area contributed by atoms with Crippen molar-refractivity contribution < 1.29 is 22.7 Å². The average molecular weight is 488 g/mol. The summed E-state index contributed by atoms with van der Waals surface area (Å²) in [5.74, 6) is -1.26. The first kappa shape index (κ1) is 23.3. The van der Waals surface area contributed by atoms with Crippen LogP contribution in [0.3, 0.4) is 0 Å². The molecule has 10 heteroatoms. The highest BCUT2D eigenvalue weighted by molar-refractivity contribution is 7.89. The van der Waals surface area contributed by atoms with Crippen LogP contribution in [0.15, 0.2) is 58.4 Å². The molecule has 1 fully saturated rings. The van der Waals surface area contributed by atoms with Crippen molar-refractivity contribution >= 4 is 43.5 Å². The van der Waals surface area contributed by atoms with Gasteiger partial charge in [0.2, 0.25) is 10.0 Å². The number of esters is 1. The smallest absolute Gasteiger partial charge is 0.337 e. The van der Waals surface area contributed by atoms with Gasteiger partial charge in [0.05, 0.1) is 33.7 Å². The predicted molar refractivity (Wildman–Crippen MR) is 125 cm³/mol. The number of piperidine rings is 1. The summed E-state index contributed by atoms with van der Waals surface area (Å²) in [5, 5.41) is 0. The van der Waals surface area contributed by atoms with Crippen LogP contribution in [-0.2, 0) is 26.1 Å². The standard InChI is InChI=1S/C23H25N3O5S2/c1-3-26-19-12-11-16(22(28)31-2)14-20(19)32-23(26)24-21(27)17-8-7-13-25(15-17)33(29,30)18-9-5-4-6-10-18/h4-6,9-12,14,17H,3,7-8,13,15H2,1-2H3. The molecule has 1 saturated heterocycles. The van der Waals surface area contributed by atoms with Crippen molar-refractivity contribution in [2.45, 2.75) is 31.2 Å². The van der Waals surface area contributed by atoms with Crippen molar-refractivity contribution in [2.75, 3.05) is 20.2 Å². The van der Waals surface area contributed by atoms with Crippen molar-refractivity contribution in [3.8, 4) is 0 Å². The first-order valence-corrected chi connectivity index (χ1v) is 13.0. The van der Waals surface area contributed by atoms with Crippen LogP contribution in [0.2, 0.25) is 0 Å². The van der Waals surface area contributed by atoms with E-state index in [0.29, 0.717) is 36.3 Å². The van der Waals surface area contributed by atoms with Gasteiger partial charge in [0.1, 0.15) is 0 Å². The van der Waals surface area contributed by atoms with Gasteiger partial charge < -0.3 is 9.30 Å². The first-order chi connectivity index (χ1) is 15.8. The van der Waals surface area contributed by atoms with Gasteiger partial charge in [-0.15, -0.1) is 0 Å². The van der Waals surface area contributed by atoms with E-state index >= 15 is 0 Å². The second-order valence-corrected chi connectivity index (χ2v) is 10.7. The molecule has 0 spiro atoms. The van der Waals surface area contributed by atoms with Gasteiger partial charge in [-0.2, -0.15) is 9.30 Å². The van der Waals surface area contributed by atoms with Gasteiger partial charge in [0.15, 0.2) is 4.80 Å². The van der Waals surface area contributed by atoms with E-state index in [-0.39, 0.29) is 17.3 Å². The van der Waals surface area contributed by atoms with Gasteiger partial charge in [0, 0.05) is 19.6 Å². The Bertz CT molecular complexity index is 1360. The number of methoxy groups -OCH3 is 1. The minimum atomic E-state index is -3.66. The van der Waals surface area contributed by atoms with E-state index in [0.717, 1.165) is 10.2 Å². The molecule has 1 aliphatic heterocycles. The number of carbonyl (C=O) groups is 2. The predicted octanol–water partition coefficient (Wildman–Crippen LogP) is 3.04. The van der Waals surface area contributed by atoms with Crippen molar-refractivity contribution in [1.82, 2.24) is 8.87 Å². The van der Waals surface area contributed by atoms with Gasteiger partial charge in [-0.25, -0.2) is 13.2 Å². The van der Waals surface area contributed by atoms with Crippen LogP contribution in [0, 0.1) is 5.92 Å². The number of fused-ring (bicyclic) bond motifs is 1. The fourth-order valence-corrected chi connectivity index (χ4v) is 6.68. The topological polar surface area (TPSA) is 98.0 Å². The third kappa shape index (κ3) is 4.64. The molecule has 0 radical (unpaired) electrons. The first-order valence-electron chi connectivity index (χ1n) is 10.7. The van der Waals surface area contributed by atoms with E-state index in [4.69, 9.17) is 4.74 Å². The maximum Gasteiger partial charge on any atom is 0.337 e. The summed E-state index contributed by atoms with van der Waals surface area (Å²) in [5.41, 5.74) is 1.31. The van der Waals surface area contributed by atoms with Crippen molar-refractivity contribution in [3.05, 3.63) is 58.9 Å². The van der Waals surface area contributed by atoms with Gasteiger partial charge in [0.25, 0.3) is 5.91 Å². The van der Waals surface area contributed by atoms with Crippen LogP contribution >= 0.6 is 11.3 Å². The Labute approximate surface area is 196 Å². The fraction of sp³-hybridized carbons (Fsp3) is 0.348. The second-order valence-electron chi connectivity index (χ2n) is 7.77. The number of nitrogens with zero attached hydrogens (tertiary/aromatic N) is 3. The number of aromatic nitrogens is 1. The second kappa shape index (κ2) is 9.58. The van der Waals surface area contributed by atoms with Crippen LogP contribution in [0.25, 0.3) is 10.2 Å². The number of aryl methyl sites for hydroxylation is 1. The molecule has 0 aliphatic carbocycles. The number of sulfonamides is 1. The molecular weight excluding hydrogens is 462 g/mol. The number of hydrogen-bond donors (Lipinski definition) is 0. The van der Waals surface area contributed by atoms with Gasteiger partial charge in [-0.3, -0.25) is 4.79 Å². The number of benzene rings is 2. The molecule has 0 N–H and O–H groups in total. The molecule has 1 aliphatic rings. The zero-order chi connectivity index (χ0) is 23.6. The van der Waals surface area contributed by atoms with Gasteiger partial charge >= 0.3 is 5.97 Å². The zero-order valence-corrected chi connectivity index (χ0v) is 20.1. The molecule has 2 aromatic carbocycles. The Morgan fingerprint density at radius 1 is 1.18 bits per heavy atom. The maximum absolute atomic E-state index is 13.1. The van der Waals surface area contributed by atoms with Crippen molar-refractivity contribution in [3.63, 3.8) is 0 Å². The number of ether oxygens (including phenoxy) is 1. The summed E-state index contributed by atoms with van der Waals surface area (Å²) in [6.45, 7) is 3.06. The summed E-state index contributed by atoms with van der Waals surface area (Å²) in [6, 6.07) is 13.5. The Balaban J connectivity index is 1.63. The highest BCUT2D eigenvalue weighted by atomic mass is 32.2. The average Bonchev–Trinajstić information content (AvgIpc) is 3.20. The molecule has 1 amide bonds. The van der Waals surface area contributed by atoms with Gasteiger partial charge in [-0.05, 0) is 50.1 Å². The lowest BCUT2D eigenvalue weighted by atomic mass is 9.99. The van der Waals surface area contributed by atoms with Crippen LogP contribution in [0.4, 0.5) is 0 Å². The fourth-order valence-electron chi connectivity index (χ4n) is 4.00. The lowest BCUT2D eigenvalue weighted by Gasteiger charge is -2.30. The zero-order valence-electron chi connectivity index (χ0n) is 18.4.